The van der Waals surface area contributed by atoms with Crippen molar-refractivity contribution in [2.45, 2.75) is 38.3 Å². The Morgan fingerprint density at radius 1 is 0.515 bits per heavy atom. The van der Waals surface area contributed by atoms with E-state index in [2.05, 4.69) is 189 Å². The molecule has 0 aliphatic carbocycles. The second-order valence-corrected chi connectivity index (χ2v) is 24.5. The zero-order valence-corrected chi connectivity index (χ0v) is 45.2. The van der Waals surface area contributed by atoms with Crippen molar-refractivity contribution >= 4 is 135 Å². The average Bonchev–Trinajstić information content (AvgIpc) is 3.52. The number of hydrogen-bond acceptors (Lipinski definition) is 5. The van der Waals surface area contributed by atoms with E-state index in [1.54, 1.807) is 6.07 Å². The first-order valence-corrected chi connectivity index (χ1v) is 28.6. The molecule has 339 valence electrons. The van der Waals surface area contributed by atoms with E-state index >= 15 is 0 Å². The van der Waals surface area contributed by atoms with E-state index in [0.717, 1.165) is 43.2 Å². The van der Waals surface area contributed by atoms with Gasteiger partial charge in [0.05, 0.1) is 0 Å². The Balaban J connectivity index is 0.000000207. The Kier molecular flexibility index (Phi) is 18.2. The predicted octanol–water partition coefficient (Wildman–Crippen LogP) is 20.7. The van der Waals surface area contributed by atoms with E-state index in [1.807, 2.05) is 53.4 Å². The minimum Gasteiger partial charge on any atom is -0.507 e. The molecule has 1 radical (unpaired) electrons. The van der Waals surface area contributed by atoms with Gasteiger partial charge >= 0.3 is 0 Å². The van der Waals surface area contributed by atoms with Crippen LogP contribution in [-0.2, 0) is 32.7 Å². The third-order valence-electron chi connectivity index (χ3n) is 12.0. The van der Waals surface area contributed by atoms with Crippen LogP contribution in [0.2, 0.25) is 0 Å². The Morgan fingerprint density at radius 3 is 1.44 bits per heavy atom. The second-order valence-electron chi connectivity index (χ2n) is 15.8. The van der Waals surface area contributed by atoms with Gasteiger partial charge in [0.25, 0.3) is 0 Å². The van der Waals surface area contributed by atoms with E-state index in [1.165, 1.54) is 48.1 Å². The summed E-state index contributed by atoms with van der Waals surface area (Å²) in [5.41, 5.74) is 5.37. The summed E-state index contributed by atoms with van der Waals surface area (Å²) in [4.78, 5) is 0.866. The number of hydrogen-bond donors (Lipinski definition) is 2. The van der Waals surface area contributed by atoms with Crippen LogP contribution in [0.15, 0.2) is 215 Å². The molecule has 11 aromatic rings. The van der Waals surface area contributed by atoms with Crippen LogP contribution < -0.4 is 4.67 Å². The van der Waals surface area contributed by atoms with Gasteiger partial charge in [-0.3, -0.25) is 0 Å². The monoisotopic (exact) mass is 1100 g/mol. The van der Waals surface area contributed by atoms with E-state index in [-0.39, 0.29) is 58.0 Å². The maximum absolute atomic E-state index is 10.5. The van der Waals surface area contributed by atoms with Crippen LogP contribution in [0.1, 0.15) is 44.5 Å². The van der Waals surface area contributed by atoms with Crippen molar-refractivity contribution in [1.29, 1.82) is 0 Å². The fraction of sp³-hybridized carbons (Fsp3) is 0.0877. The van der Waals surface area contributed by atoms with Gasteiger partial charge in [-0.15, -0.1) is 12.6 Å². The molecule has 0 bridgehead atoms. The molecule has 0 fully saturated rings. The van der Waals surface area contributed by atoms with E-state index < -0.39 is 13.1 Å². The number of rotatable bonds is 6. The number of fused-ring (bicyclic) bond motifs is 9. The van der Waals surface area contributed by atoms with Crippen LogP contribution in [0, 0.1) is 0 Å². The zero-order chi connectivity index (χ0) is 45.7. The first-order valence-electron chi connectivity index (χ1n) is 21.4. The van der Waals surface area contributed by atoms with Gasteiger partial charge in [0, 0.05) is 76.3 Å². The number of phenolic OH excluding ortho intramolecular Hbond substituents is 1. The Labute approximate surface area is 449 Å². The topological polar surface area (TPSA) is 36.6 Å². The molecule has 1 heterocycles. The summed E-state index contributed by atoms with van der Waals surface area (Å²) in [7, 11) is 0.759. The fourth-order valence-corrected chi connectivity index (χ4v) is 13.6. The number of aromatic hydroxyl groups is 1. The second kappa shape index (κ2) is 23.8. The maximum Gasteiger partial charge on any atom is 0.181 e. The molecule has 0 amide bonds. The van der Waals surface area contributed by atoms with Gasteiger partial charge in [-0.25, -0.2) is 4.67 Å². The molecule has 3 nitrogen and oxygen atoms in total. The molecule has 0 saturated carbocycles. The van der Waals surface area contributed by atoms with E-state index in [4.69, 9.17) is 37.9 Å². The molecule has 68 heavy (non-hydrogen) atoms. The molecular formula is C57H48Cl3NO2P2S2Y. The fourth-order valence-electron chi connectivity index (χ4n) is 8.88. The van der Waals surface area contributed by atoms with Crippen molar-refractivity contribution in [3.63, 3.8) is 0 Å². The van der Waals surface area contributed by atoms with Crippen LogP contribution in [0.25, 0.3) is 75.3 Å². The third-order valence-corrected chi connectivity index (χ3v) is 16.3. The van der Waals surface area contributed by atoms with Gasteiger partial charge in [0.15, 0.2) is 13.1 Å². The summed E-state index contributed by atoms with van der Waals surface area (Å²) in [6.07, 6.45) is 0. The Bertz CT molecular complexity index is 3300. The minimum absolute atomic E-state index is 0. The molecule has 0 aliphatic rings. The van der Waals surface area contributed by atoms with Crippen molar-refractivity contribution in [2.24, 2.45) is 0 Å². The van der Waals surface area contributed by atoms with Gasteiger partial charge < -0.3 is 9.30 Å². The van der Waals surface area contributed by atoms with Crippen molar-refractivity contribution < 1.29 is 42.0 Å². The van der Waals surface area contributed by atoms with Crippen LogP contribution in [0.5, 0.6) is 5.75 Å². The summed E-state index contributed by atoms with van der Waals surface area (Å²) in [6, 6.07) is 72.3. The summed E-state index contributed by atoms with van der Waals surface area (Å²) >= 11 is 19.3. The molecule has 1 aromatic heterocycles. The van der Waals surface area contributed by atoms with Gasteiger partial charge in [-0.1, -0.05) is 234 Å². The summed E-state index contributed by atoms with van der Waals surface area (Å²) in [5.74, 6) is -0.921. The molecule has 11 heteroatoms. The average molecular weight is 1100 g/mol. The van der Waals surface area contributed by atoms with Gasteiger partial charge in [0.2, 0.25) is 0 Å². The molecular weight excluding hydrogens is 1050 g/mol. The summed E-state index contributed by atoms with van der Waals surface area (Å²) in [5, 5.41) is 22.3. The van der Waals surface area contributed by atoms with E-state index in [9.17, 15) is 5.11 Å². The van der Waals surface area contributed by atoms with Crippen molar-refractivity contribution in [1.82, 2.24) is 0 Å². The number of benzene rings is 10. The Hall–Kier alpha value is -3.93. The molecule has 1 unspecified atom stereocenters. The van der Waals surface area contributed by atoms with Gasteiger partial charge in [-0.05, 0) is 92.3 Å². The smallest absolute Gasteiger partial charge is 0.181 e. The molecule has 0 spiro atoms. The standard InChI is InChI=1S/C36H30NOPS.C20H14OS.CH4.Cl3P.Y/c1-25(27-13-5-3-6-14-27)37(26(2)28-15-7-4-8-16-28)39-38-33-23-21-29-17-9-11-19-31(29)35(33)36-32-20-12-10-18-30(32)22-24-34(36)40-39;21-17-11-9-13-5-1-3-7-15(13)19(17)20-16-8-4-2-6-14(16)10-12-18(20)22;;1-4(2)3;/h3-26H,1-2H3;1-12,21-22H;1H4;;/t25-,26-,39?;;;;/m0..../s1. The molecule has 0 aliphatic heterocycles. The minimum atomic E-state index is -1.20. The van der Waals surface area contributed by atoms with Gasteiger partial charge in [0.1, 0.15) is 11.3 Å². The predicted molar refractivity (Wildman–Crippen MR) is 302 cm³/mol. The maximum atomic E-state index is 10.5. The van der Waals surface area contributed by atoms with Crippen molar-refractivity contribution in [2.75, 3.05) is 4.67 Å². The molecule has 10 aromatic carbocycles. The largest absolute Gasteiger partial charge is 0.507 e. The molecule has 0 saturated heterocycles. The zero-order valence-electron chi connectivity index (χ0n) is 36.5. The first kappa shape index (κ1) is 51.9. The van der Waals surface area contributed by atoms with Crippen LogP contribution >= 0.6 is 70.4 Å². The molecule has 11 rings (SSSR count). The number of thiol groups is 1. The SMILES string of the molecule is C.C[C@@H](c1ccccc1)N([C@@H](C)c1ccccc1)p1oc2ccc3ccccc3c2c2c(ccc3ccccc32)s1.ClP(Cl)Cl.Oc1ccc2ccccc2c1-c1c(S)ccc2ccccc12.[Y]. The van der Waals surface area contributed by atoms with Crippen molar-refractivity contribution in [3.8, 4) is 16.9 Å². The van der Waals surface area contributed by atoms with Crippen LogP contribution in [-0.4, -0.2) is 5.11 Å². The van der Waals surface area contributed by atoms with Gasteiger partial charge in [-0.2, -0.15) is 0 Å². The van der Waals surface area contributed by atoms with Crippen molar-refractivity contribution in [3.05, 3.63) is 217 Å². The first-order chi connectivity index (χ1) is 32.2. The Morgan fingerprint density at radius 2 is 0.912 bits per heavy atom. The number of phenols is 1. The number of halogens is 3. The van der Waals surface area contributed by atoms with Crippen LogP contribution in [0.4, 0.5) is 0 Å². The summed E-state index contributed by atoms with van der Waals surface area (Å²) in [6.45, 7) is 4.63. The molecule has 1 N–H and O–H groups in total. The molecule has 3 atom stereocenters. The van der Waals surface area contributed by atoms with E-state index in [0.29, 0.717) is 0 Å². The third kappa shape index (κ3) is 11.2. The summed E-state index contributed by atoms with van der Waals surface area (Å²) < 4.78 is 11.1. The normalized spacial score (nSPS) is 12.2. The number of nitrogens with zero attached hydrogens (tertiary/aromatic N) is 1. The quantitative estimate of drug-likeness (QED) is 0.129. The van der Waals surface area contributed by atoms with Crippen LogP contribution in [0.3, 0.4) is 0 Å².